The highest BCUT2D eigenvalue weighted by Gasteiger charge is 2.30. The van der Waals surface area contributed by atoms with Gasteiger partial charge in [0.25, 0.3) is 11.8 Å². The van der Waals surface area contributed by atoms with Gasteiger partial charge in [-0.15, -0.1) is 0 Å². The number of anilines is 1. The molecule has 180 valence electrons. The summed E-state index contributed by atoms with van der Waals surface area (Å²) in [5.41, 5.74) is 1.63. The number of benzene rings is 2. The third-order valence-corrected chi connectivity index (χ3v) is 5.25. The predicted molar refractivity (Wildman–Crippen MR) is 132 cm³/mol. The van der Waals surface area contributed by atoms with E-state index in [2.05, 4.69) is 10.6 Å². The van der Waals surface area contributed by atoms with Crippen LogP contribution in [0, 0.1) is 0 Å². The number of methoxy groups -OCH3 is 3. The minimum Gasteiger partial charge on any atom is -0.495 e. The van der Waals surface area contributed by atoms with Crippen molar-refractivity contribution in [2.75, 3.05) is 46.4 Å². The van der Waals surface area contributed by atoms with E-state index in [0.717, 1.165) is 0 Å². The summed E-state index contributed by atoms with van der Waals surface area (Å²) in [6.45, 7) is 0.795. The second-order valence-corrected chi connectivity index (χ2v) is 7.63. The van der Waals surface area contributed by atoms with Crippen molar-refractivity contribution in [2.24, 2.45) is 0 Å². The summed E-state index contributed by atoms with van der Waals surface area (Å²) in [6, 6.07) is 12.2. The van der Waals surface area contributed by atoms with E-state index >= 15 is 0 Å². The number of nitrogens with zero attached hydrogens (tertiary/aromatic N) is 1. The van der Waals surface area contributed by atoms with Gasteiger partial charge in [-0.05, 0) is 54.5 Å². The van der Waals surface area contributed by atoms with Crippen molar-refractivity contribution in [1.82, 2.24) is 10.2 Å². The predicted octanol–water partition coefficient (Wildman–Crippen LogP) is 2.82. The average molecular weight is 486 g/mol. The standard InChI is InChI=1S/C24H27N3O6S/c1-30-12-6-11-27-23(29)18(26-24(27)34)13-16-9-10-20(21(14-16)32-3)33-15-22(28)25-17-7-4-5-8-19(17)31-2/h4-5,7-10,13-14H,6,11-12,15H2,1-3H3,(H,25,28)(H,26,34)/b18-13+. The molecule has 0 spiro atoms. The first-order valence-electron chi connectivity index (χ1n) is 10.5. The highest BCUT2D eigenvalue weighted by molar-refractivity contribution is 7.80. The zero-order chi connectivity index (χ0) is 24.5. The van der Waals surface area contributed by atoms with Crippen molar-refractivity contribution in [1.29, 1.82) is 0 Å². The van der Waals surface area contributed by atoms with E-state index in [1.165, 1.54) is 19.1 Å². The van der Waals surface area contributed by atoms with Gasteiger partial charge in [0.1, 0.15) is 11.4 Å². The number of hydrogen-bond acceptors (Lipinski definition) is 7. The molecule has 2 aromatic rings. The summed E-state index contributed by atoms with van der Waals surface area (Å²) in [7, 11) is 4.64. The summed E-state index contributed by atoms with van der Waals surface area (Å²) in [4.78, 5) is 26.5. The van der Waals surface area contributed by atoms with E-state index in [4.69, 9.17) is 31.2 Å². The zero-order valence-corrected chi connectivity index (χ0v) is 20.1. The first-order valence-corrected chi connectivity index (χ1v) is 10.9. The topological polar surface area (TPSA) is 98.4 Å². The van der Waals surface area contributed by atoms with Crippen molar-refractivity contribution >= 4 is 40.9 Å². The summed E-state index contributed by atoms with van der Waals surface area (Å²) < 4.78 is 21.3. The molecular weight excluding hydrogens is 458 g/mol. The maximum absolute atomic E-state index is 12.7. The Morgan fingerprint density at radius 2 is 1.85 bits per heavy atom. The van der Waals surface area contributed by atoms with Crippen LogP contribution >= 0.6 is 12.2 Å². The summed E-state index contributed by atoms with van der Waals surface area (Å²) in [6.07, 6.45) is 2.37. The Bertz CT molecular complexity index is 1090. The molecule has 0 aromatic heterocycles. The van der Waals surface area contributed by atoms with Crippen LogP contribution in [0.4, 0.5) is 5.69 Å². The lowest BCUT2D eigenvalue weighted by Gasteiger charge is -2.13. The first-order chi connectivity index (χ1) is 16.5. The molecule has 0 saturated carbocycles. The Balaban J connectivity index is 1.65. The SMILES string of the molecule is COCCCN1C(=O)/C(=C\c2ccc(OCC(=O)Nc3ccccc3OC)c(OC)c2)NC1=S. The fourth-order valence-corrected chi connectivity index (χ4v) is 3.56. The Morgan fingerprint density at radius 3 is 2.59 bits per heavy atom. The summed E-state index contributed by atoms with van der Waals surface area (Å²) in [5, 5.41) is 6.06. The van der Waals surface area contributed by atoms with E-state index in [9.17, 15) is 9.59 Å². The molecule has 1 fully saturated rings. The smallest absolute Gasteiger partial charge is 0.276 e. The van der Waals surface area contributed by atoms with Gasteiger partial charge in [0.15, 0.2) is 23.2 Å². The van der Waals surface area contributed by atoms with Crippen LogP contribution in [0.1, 0.15) is 12.0 Å². The van der Waals surface area contributed by atoms with Crippen LogP contribution in [0.15, 0.2) is 48.2 Å². The molecule has 1 aliphatic rings. The van der Waals surface area contributed by atoms with Gasteiger partial charge in [0.2, 0.25) is 0 Å². The fraction of sp³-hybridized carbons (Fsp3) is 0.292. The van der Waals surface area contributed by atoms with Gasteiger partial charge < -0.3 is 29.6 Å². The van der Waals surface area contributed by atoms with Crippen LogP contribution in [-0.2, 0) is 14.3 Å². The lowest BCUT2D eigenvalue weighted by molar-refractivity contribution is -0.122. The highest BCUT2D eigenvalue weighted by atomic mass is 32.1. The number of carbonyl (C=O) groups excluding carboxylic acids is 2. The molecule has 0 bridgehead atoms. The van der Waals surface area contributed by atoms with Gasteiger partial charge in [-0.2, -0.15) is 0 Å². The Labute approximate surface area is 203 Å². The lowest BCUT2D eigenvalue weighted by Crippen LogP contribution is -2.32. The molecule has 0 atom stereocenters. The molecule has 1 saturated heterocycles. The largest absolute Gasteiger partial charge is 0.495 e. The number of rotatable bonds is 11. The fourth-order valence-electron chi connectivity index (χ4n) is 3.28. The molecule has 1 heterocycles. The van der Waals surface area contributed by atoms with Gasteiger partial charge in [0.05, 0.1) is 19.9 Å². The number of hydrogen-bond donors (Lipinski definition) is 2. The average Bonchev–Trinajstić information content (AvgIpc) is 3.10. The van der Waals surface area contributed by atoms with Crippen LogP contribution in [0.3, 0.4) is 0 Å². The van der Waals surface area contributed by atoms with Crippen LogP contribution in [0.5, 0.6) is 17.2 Å². The van der Waals surface area contributed by atoms with Crippen LogP contribution in [0.25, 0.3) is 6.08 Å². The van der Waals surface area contributed by atoms with Crippen molar-refractivity contribution < 1.29 is 28.5 Å². The van der Waals surface area contributed by atoms with Crippen LogP contribution < -0.4 is 24.8 Å². The quantitative estimate of drug-likeness (QED) is 0.285. The minimum absolute atomic E-state index is 0.201. The van der Waals surface area contributed by atoms with E-state index in [0.29, 0.717) is 58.9 Å². The normalized spacial score (nSPS) is 14.2. The molecule has 3 rings (SSSR count). The molecule has 34 heavy (non-hydrogen) atoms. The maximum Gasteiger partial charge on any atom is 0.276 e. The van der Waals surface area contributed by atoms with Crippen molar-refractivity contribution in [3.05, 3.63) is 53.7 Å². The highest BCUT2D eigenvalue weighted by Crippen LogP contribution is 2.29. The molecule has 2 N–H and O–H groups in total. The number of para-hydroxylation sites is 2. The second-order valence-electron chi connectivity index (χ2n) is 7.24. The van der Waals surface area contributed by atoms with Crippen molar-refractivity contribution in [3.63, 3.8) is 0 Å². The second kappa shape index (κ2) is 12.0. The van der Waals surface area contributed by atoms with Gasteiger partial charge in [0, 0.05) is 20.3 Å². The first kappa shape index (κ1) is 25.0. The number of thiocarbonyl (C=S) groups is 1. The van der Waals surface area contributed by atoms with Crippen molar-refractivity contribution in [2.45, 2.75) is 6.42 Å². The number of nitrogens with one attached hydrogen (secondary N) is 2. The molecule has 0 unspecified atom stereocenters. The third kappa shape index (κ3) is 6.24. The Hall–Kier alpha value is -3.63. The van der Waals surface area contributed by atoms with E-state index < -0.39 is 0 Å². The van der Waals surface area contributed by atoms with E-state index in [-0.39, 0.29) is 18.4 Å². The maximum atomic E-state index is 12.7. The summed E-state index contributed by atoms with van der Waals surface area (Å²) >= 11 is 5.27. The molecule has 2 aromatic carbocycles. The molecule has 2 amide bonds. The van der Waals surface area contributed by atoms with Gasteiger partial charge in [-0.25, -0.2) is 0 Å². The van der Waals surface area contributed by atoms with Crippen LogP contribution in [0.2, 0.25) is 0 Å². The zero-order valence-electron chi connectivity index (χ0n) is 19.3. The van der Waals surface area contributed by atoms with Crippen molar-refractivity contribution in [3.8, 4) is 17.2 Å². The summed E-state index contributed by atoms with van der Waals surface area (Å²) in [5.74, 6) is 0.818. The van der Waals surface area contributed by atoms with E-state index in [1.54, 1.807) is 49.6 Å². The third-order valence-electron chi connectivity index (χ3n) is 4.93. The number of carbonyl (C=O) groups is 2. The molecular formula is C24H27N3O6S. The lowest BCUT2D eigenvalue weighted by atomic mass is 10.1. The molecule has 9 nitrogen and oxygen atoms in total. The Morgan fingerprint density at radius 1 is 1.09 bits per heavy atom. The van der Waals surface area contributed by atoms with Gasteiger partial charge in [-0.1, -0.05) is 18.2 Å². The minimum atomic E-state index is -0.347. The number of ether oxygens (including phenoxy) is 4. The van der Waals surface area contributed by atoms with E-state index in [1.807, 2.05) is 6.07 Å². The van der Waals surface area contributed by atoms with Gasteiger partial charge >= 0.3 is 0 Å². The molecule has 0 aliphatic carbocycles. The molecule has 10 heteroatoms. The van der Waals surface area contributed by atoms with Gasteiger partial charge in [-0.3, -0.25) is 14.5 Å². The monoisotopic (exact) mass is 485 g/mol. The molecule has 0 radical (unpaired) electrons. The molecule has 1 aliphatic heterocycles. The van der Waals surface area contributed by atoms with Crippen LogP contribution in [-0.4, -0.2) is 62.9 Å². The Kier molecular flexibility index (Phi) is 8.83. The number of amides is 2.